The van der Waals surface area contributed by atoms with E-state index in [4.69, 9.17) is 9.15 Å². The molecule has 1 saturated carbocycles. The van der Waals surface area contributed by atoms with Crippen LogP contribution in [0, 0.1) is 5.82 Å². The summed E-state index contributed by atoms with van der Waals surface area (Å²) in [5, 5.41) is 2.86. The molecule has 0 saturated heterocycles. The van der Waals surface area contributed by atoms with Crippen LogP contribution < -0.4 is 5.32 Å². The molecule has 3 aromatic rings. The number of amides is 1. The van der Waals surface area contributed by atoms with Gasteiger partial charge < -0.3 is 14.5 Å². The summed E-state index contributed by atoms with van der Waals surface area (Å²) in [5.74, 6) is -1.08. The van der Waals surface area contributed by atoms with Gasteiger partial charge in [0, 0.05) is 17.2 Å². The summed E-state index contributed by atoms with van der Waals surface area (Å²) < 4.78 is 24.1. The van der Waals surface area contributed by atoms with Gasteiger partial charge in [0.05, 0.1) is 0 Å². The summed E-state index contributed by atoms with van der Waals surface area (Å²) in [4.78, 5) is 25.1. The van der Waals surface area contributed by atoms with Gasteiger partial charge in [0.1, 0.15) is 11.6 Å². The maximum atomic E-state index is 13.1. The smallest absolute Gasteiger partial charge is 0.375 e. The number of nitrogens with one attached hydrogen (secondary N) is 1. The maximum Gasteiger partial charge on any atom is 0.375 e. The van der Waals surface area contributed by atoms with E-state index < -0.39 is 12.1 Å². The Labute approximate surface area is 161 Å². The van der Waals surface area contributed by atoms with E-state index in [0.717, 1.165) is 12.8 Å². The molecular formula is C22H18FNO4. The lowest BCUT2D eigenvalue weighted by Gasteiger charge is -2.17. The molecule has 2 aromatic carbocycles. The number of halogens is 1. The highest BCUT2D eigenvalue weighted by Crippen LogP contribution is 2.26. The van der Waals surface area contributed by atoms with E-state index in [1.165, 1.54) is 18.2 Å². The van der Waals surface area contributed by atoms with Gasteiger partial charge in [-0.1, -0.05) is 30.3 Å². The number of carbonyl (C=O) groups is 2. The number of esters is 1. The van der Waals surface area contributed by atoms with Crippen molar-refractivity contribution in [2.24, 2.45) is 0 Å². The molecule has 0 bridgehead atoms. The molecule has 1 fully saturated rings. The molecule has 1 heterocycles. The van der Waals surface area contributed by atoms with E-state index in [0.29, 0.717) is 16.9 Å². The Hall–Kier alpha value is -3.41. The van der Waals surface area contributed by atoms with Gasteiger partial charge >= 0.3 is 5.97 Å². The third-order valence-electron chi connectivity index (χ3n) is 4.42. The molecule has 4 rings (SSSR count). The Morgan fingerprint density at radius 2 is 1.71 bits per heavy atom. The Morgan fingerprint density at radius 3 is 2.39 bits per heavy atom. The molecular weight excluding hydrogens is 361 g/mol. The third-order valence-corrected chi connectivity index (χ3v) is 4.42. The first-order chi connectivity index (χ1) is 13.6. The van der Waals surface area contributed by atoms with Crippen molar-refractivity contribution in [2.75, 3.05) is 0 Å². The Kier molecular flexibility index (Phi) is 4.93. The van der Waals surface area contributed by atoms with Crippen molar-refractivity contribution in [3.05, 3.63) is 83.9 Å². The number of hydrogen-bond acceptors (Lipinski definition) is 4. The number of ether oxygens (including phenoxy) is 1. The van der Waals surface area contributed by atoms with Crippen molar-refractivity contribution < 1.29 is 23.1 Å². The van der Waals surface area contributed by atoms with Crippen LogP contribution >= 0.6 is 0 Å². The Balaban J connectivity index is 1.52. The third kappa shape index (κ3) is 4.11. The van der Waals surface area contributed by atoms with Crippen LogP contribution in [0.3, 0.4) is 0 Å². The highest BCUT2D eigenvalue weighted by molar-refractivity contribution is 5.91. The minimum absolute atomic E-state index is 0.0283. The van der Waals surface area contributed by atoms with Crippen LogP contribution in [0.4, 0.5) is 4.39 Å². The van der Waals surface area contributed by atoms with Gasteiger partial charge in [0.25, 0.3) is 5.91 Å². The zero-order valence-electron chi connectivity index (χ0n) is 14.9. The highest BCUT2D eigenvalue weighted by Gasteiger charge is 2.31. The van der Waals surface area contributed by atoms with Crippen LogP contribution in [0.5, 0.6) is 0 Å². The van der Waals surface area contributed by atoms with E-state index in [-0.39, 0.29) is 23.5 Å². The molecule has 0 aliphatic heterocycles. The fraction of sp³-hybridized carbons (Fsp3) is 0.182. The van der Waals surface area contributed by atoms with Crippen molar-refractivity contribution in [2.45, 2.75) is 25.0 Å². The molecule has 142 valence electrons. The van der Waals surface area contributed by atoms with Gasteiger partial charge in [0.15, 0.2) is 0 Å². The average molecular weight is 379 g/mol. The van der Waals surface area contributed by atoms with Gasteiger partial charge in [0.2, 0.25) is 11.9 Å². The maximum absolute atomic E-state index is 13.1. The second-order valence-electron chi connectivity index (χ2n) is 6.65. The average Bonchev–Trinajstić information content (AvgIpc) is 3.38. The second kappa shape index (κ2) is 7.68. The van der Waals surface area contributed by atoms with Crippen LogP contribution in [0.15, 0.2) is 71.1 Å². The monoisotopic (exact) mass is 379 g/mol. The molecule has 1 aliphatic rings. The predicted octanol–water partition coefficient (Wildman–Crippen LogP) is 4.26. The van der Waals surface area contributed by atoms with Gasteiger partial charge in [-0.2, -0.15) is 0 Å². The van der Waals surface area contributed by atoms with Gasteiger partial charge in [-0.25, -0.2) is 9.18 Å². The highest BCUT2D eigenvalue weighted by atomic mass is 19.1. The van der Waals surface area contributed by atoms with Crippen LogP contribution in [-0.4, -0.2) is 17.9 Å². The number of benzene rings is 2. The first-order valence-corrected chi connectivity index (χ1v) is 9.02. The first kappa shape index (κ1) is 18.0. The number of rotatable bonds is 6. The van der Waals surface area contributed by atoms with Crippen molar-refractivity contribution in [3.63, 3.8) is 0 Å². The molecule has 0 spiro atoms. The van der Waals surface area contributed by atoms with E-state index in [1.807, 2.05) is 6.07 Å². The van der Waals surface area contributed by atoms with Crippen molar-refractivity contribution in [1.82, 2.24) is 5.32 Å². The quantitative estimate of drug-likeness (QED) is 0.650. The first-order valence-electron chi connectivity index (χ1n) is 9.02. The lowest BCUT2D eigenvalue weighted by Crippen LogP contribution is -2.33. The van der Waals surface area contributed by atoms with E-state index in [1.54, 1.807) is 42.5 Å². The fourth-order valence-electron chi connectivity index (χ4n) is 2.79. The van der Waals surface area contributed by atoms with Crippen molar-refractivity contribution >= 4 is 11.9 Å². The molecule has 1 aromatic heterocycles. The summed E-state index contributed by atoms with van der Waals surface area (Å²) in [6, 6.07) is 17.8. The van der Waals surface area contributed by atoms with Gasteiger partial charge in [-0.15, -0.1) is 0 Å². The number of furan rings is 1. The standard InChI is InChI=1S/C22H18FNO4/c23-16-8-6-14(7-9-16)18-12-13-19(27-18)22(26)28-20(15-4-2-1-3-5-15)21(25)24-17-10-11-17/h1-9,12-13,17,20H,10-11H2,(H,24,25)/t20-/m0/s1. The van der Waals surface area contributed by atoms with Gasteiger partial charge in [-0.05, 0) is 49.2 Å². The lowest BCUT2D eigenvalue weighted by atomic mass is 10.1. The van der Waals surface area contributed by atoms with Crippen molar-refractivity contribution in [3.8, 4) is 11.3 Å². The SMILES string of the molecule is O=C(O[C@H](C(=O)NC1CC1)c1ccccc1)c1ccc(-c2ccc(F)cc2)o1. The zero-order chi connectivity index (χ0) is 19.5. The van der Waals surface area contributed by atoms with Crippen LogP contribution in [0.25, 0.3) is 11.3 Å². The topological polar surface area (TPSA) is 68.5 Å². The minimum Gasteiger partial charge on any atom is -0.449 e. The molecule has 5 nitrogen and oxygen atoms in total. The fourth-order valence-corrected chi connectivity index (χ4v) is 2.79. The minimum atomic E-state index is -1.06. The molecule has 6 heteroatoms. The summed E-state index contributed by atoms with van der Waals surface area (Å²) in [7, 11) is 0. The predicted molar refractivity (Wildman–Crippen MR) is 99.9 cm³/mol. The molecule has 1 atom stereocenters. The second-order valence-corrected chi connectivity index (χ2v) is 6.65. The van der Waals surface area contributed by atoms with E-state index >= 15 is 0 Å². The van der Waals surface area contributed by atoms with E-state index in [2.05, 4.69) is 5.32 Å². The van der Waals surface area contributed by atoms with Crippen LogP contribution in [0.1, 0.15) is 35.1 Å². The summed E-state index contributed by atoms with van der Waals surface area (Å²) in [6.45, 7) is 0. The van der Waals surface area contributed by atoms with Crippen molar-refractivity contribution in [1.29, 1.82) is 0 Å². The number of hydrogen-bond donors (Lipinski definition) is 1. The normalized spacial score (nSPS) is 14.3. The molecule has 1 N–H and O–H groups in total. The summed E-state index contributed by atoms with van der Waals surface area (Å²) >= 11 is 0. The zero-order valence-corrected chi connectivity index (χ0v) is 14.9. The van der Waals surface area contributed by atoms with E-state index in [9.17, 15) is 14.0 Å². The molecule has 0 unspecified atom stereocenters. The van der Waals surface area contributed by atoms with Gasteiger partial charge in [-0.3, -0.25) is 4.79 Å². The summed E-state index contributed by atoms with van der Waals surface area (Å²) in [5.41, 5.74) is 1.21. The van der Waals surface area contributed by atoms with Crippen LogP contribution in [-0.2, 0) is 9.53 Å². The Morgan fingerprint density at radius 1 is 1.00 bits per heavy atom. The molecule has 1 aliphatic carbocycles. The van der Waals surface area contributed by atoms with Crippen LogP contribution in [0.2, 0.25) is 0 Å². The Bertz CT molecular complexity index is 977. The number of carbonyl (C=O) groups excluding carboxylic acids is 2. The largest absolute Gasteiger partial charge is 0.449 e. The molecule has 0 radical (unpaired) electrons. The summed E-state index contributed by atoms with van der Waals surface area (Å²) in [6.07, 6.45) is 0.801. The lowest BCUT2D eigenvalue weighted by molar-refractivity contribution is -0.130. The molecule has 1 amide bonds. The molecule has 28 heavy (non-hydrogen) atoms.